The number of nitrogens with one attached hydrogen (secondary N) is 1. The fourth-order valence-corrected chi connectivity index (χ4v) is 0.878. The average Bonchev–Trinajstić information content (AvgIpc) is 2.15. The Bertz CT molecular complexity index is 339. The lowest BCUT2D eigenvalue weighted by atomic mass is 10.1. The largest absolute Gasteiger partial charge is 0.481 e. The Morgan fingerprint density at radius 2 is 1.88 bits per heavy atom. The number of nitrogens with two attached hydrogens (primary N) is 1. The zero-order valence-corrected chi connectivity index (χ0v) is 9.57. The van der Waals surface area contributed by atoms with E-state index in [1.165, 1.54) is 0 Å². The number of aliphatic carboxylic acids is 2. The number of halogens is 1. The van der Waals surface area contributed by atoms with Gasteiger partial charge in [0.2, 0.25) is 5.91 Å². The van der Waals surface area contributed by atoms with Crippen LogP contribution in [0.3, 0.4) is 0 Å². The van der Waals surface area contributed by atoms with Crippen molar-refractivity contribution in [2.75, 3.05) is 0 Å². The molecule has 0 aromatic rings. The number of carboxylic acids is 2. The molecule has 1 amide bonds. The number of rotatable bonds is 6. The average molecular weight is 265 g/mol. The van der Waals surface area contributed by atoms with Crippen LogP contribution < -0.4 is 11.1 Å². The van der Waals surface area contributed by atoms with Crippen LogP contribution >= 0.6 is 12.4 Å². The van der Waals surface area contributed by atoms with Gasteiger partial charge in [-0.15, -0.1) is 24.8 Å². The minimum Gasteiger partial charge on any atom is -0.481 e. The number of carbonyl (C=O) groups excluding carboxylic acids is 1. The highest BCUT2D eigenvalue weighted by atomic mass is 35.5. The highest BCUT2D eigenvalue weighted by Gasteiger charge is 2.23. The molecule has 0 fully saturated rings. The molecular weight excluding hydrogens is 252 g/mol. The minimum absolute atomic E-state index is 0. The smallest absolute Gasteiger partial charge is 0.327 e. The van der Waals surface area contributed by atoms with Crippen molar-refractivity contribution in [2.45, 2.75) is 24.9 Å². The maximum atomic E-state index is 11.2. The van der Waals surface area contributed by atoms with Gasteiger partial charge in [-0.25, -0.2) is 4.79 Å². The summed E-state index contributed by atoms with van der Waals surface area (Å²) in [6.07, 6.45) is 4.14. The van der Waals surface area contributed by atoms with Gasteiger partial charge < -0.3 is 21.3 Å². The molecule has 0 aromatic carbocycles. The number of hydrogen-bond donors (Lipinski definition) is 4. The molecule has 0 aliphatic carbocycles. The van der Waals surface area contributed by atoms with Gasteiger partial charge in [0, 0.05) is 6.42 Å². The maximum Gasteiger partial charge on any atom is 0.327 e. The highest BCUT2D eigenvalue weighted by Crippen LogP contribution is 1.94. The lowest BCUT2D eigenvalue weighted by Gasteiger charge is -2.14. The zero-order chi connectivity index (χ0) is 12.7. The van der Waals surface area contributed by atoms with Gasteiger partial charge in [-0.3, -0.25) is 9.59 Å². The molecule has 0 spiro atoms. The van der Waals surface area contributed by atoms with Gasteiger partial charge in [-0.05, 0) is 0 Å². The van der Waals surface area contributed by atoms with Crippen LogP contribution in [0.5, 0.6) is 0 Å². The van der Waals surface area contributed by atoms with E-state index in [1.807, 2.05) is 0 Å². The van der Waals surface area contributed by atoms with E-state index in [4.69, 9.17) is 22.4 Å². The first-order valence-corrected chi connectivity index (χ1v) is 4.32. The van der Waals surface area contributed by atoms with E-state index < -0.39 is 36.4 Å². The van der Waals surface area contributed by atoms with Gasteiger partial charge in [-0.2, -0.15) is 0 Å². The Hall–Kier alpha value is -1.78. The van der Waals surface area contributed by atoms with Crippen LogP contribution in [0.2, 0.25) is 0 Å². The summed E-state index contributed by atoms with van der Waals surface area (Å²) in [5, 5.41) is 19.1. The first kappa shape index (κ1) is 17.6. The van der Waals surface area contributed by atoms with Crippen LogP contribution in [0.25, 0.3) is 0 Å². The predicted octanol–water partition coefficient (Wildman–Crippen LogP) is -1.20. The van der Waals surface area contributed by atoms with Gasteiger partial charge in [0.15, 0.2) is 0 Å². The number of terminal acetylenes is 1. The van der Waals surface area contributed by atoms with Crippen molar-refractivity contribution < 1.29 is 24.6 Å². The van der Waals surface area contributed by atoms with Gasteiger partial charge in [0.05, 0.1) is 12.5 Å². The summed E-state index contributed by atoms with van der Waals surface area (Å²) in [6, 6.07) is -2.55. The van der Waals surface area contributed by atoms with Crippen LogP contribution in [0, 0.1) is 12.3 Å². The first-order valence-electron chi connectivity index (χ1n) is 4.32. The third-order valence-electron chi connectivity index (χ3n) is 1.67. The molecule has 0 bridgehead atoms. The summed E-state index contributed by atoms with van der Waals surface area (Å²) in [7, 11) is 0. The van der Waals surface area contributed by atoms with Gasteiger partial charge >= 0.3 is 11.9 Å². The molecule has 0 aromatic heterocycles. The van der Waals surface area contributed by atoms with E-state index in [1.54, 1.807) is 0 Å². The Kier molecular flexibility index (Phi) is 8.68. The van der Waals surface area contributed by atoms with Crippen molar-refractivity contribution >= 4 is 30.3 Å². The number of amides is 1. The minimum atomic E-state index is -1.30. The van der Waals surface area contributed by atoms with Crippen molar-refractivity contribution in [3.63, 3.8) is 0 Å². The molecule has 5 N–H and O–H groups in total. The molecule has 0 aliphatic rings. The number of hydrogen-bond acceptors (Lipinski definition) is 4. The summed E-state index contributed by atoms with van der Waals surface area (Å²) in [5.41, 5.74) is 5.23. The van der Waals surface area contributed by atoms with E-state index >= 15 is 0 Å². The SMILES string of the molecule is C#CCC(NC(=O)C(N)CC(=O)O)C(=O)O.Cl. The second-order valence-electron chi connectivity index (χ2n) is 3.01. The Labute approximate surface area is 104 Å². The third-order valence-corrected chi connectivity index (χ3v) is 1.67. The fraction of sp³-hybridized carbons (Fsp3) is 0.444. The van der Waals surface area contributed by atoms with E-state index in [-0.39, 0.29) is 18.8 Å². The molecule has 0 heterocycles. The molecule has 8 heteroatoms. The van der Waals surface area contributed by atoms with E-state index in [0.29, 0.717) is 0 Å². The third kappa shape index (κ3) is 7.16. The molecule has 96 valence electrons. The van der Waals surface area contributed by atoms with Gasteiger partial charge in [-0.1, -0.05) is 0 Å². The second-order valence-corrected chi connectivity index (χ2v) is 3.01. The van der Waals surface area contributed by atoms with Crippen LogP contribution in [0.4, 0.5) is 0 Å². The van der Waals surface area contributed by atoms with Gasteiger partial charge in [0.25, 0.3) is 0 Å². The van der Waals surface area contributed by atoms with E-state index in [2.05, 4.69) is 11.2 Å². The standard InChI is InChI=1S/C9H12N2O5.ClH/c1-2-3-6(9(15)16)11-8(14)5(10)4-7(12)13;/h1,5-6H,3-4,10H2,(H,11,14)(H,12,13)(H,15,16);1H. The van der Waals surface area contributed by atoms with Crippen molar-refractivity contribution in [1.82, 2.24) is 5.32 Å². The molecule has 0 saturated heterocycles. The van der Waals surface area contributed by atoms with Gasteiger partial charge in [0.1, 0.15) is 6.04 Å². The molecule has 0 radical (unpaired) electrons. The monoisotopic (exact) mass is 264 g/mol. The molecule has 7 nitrogen and oxygen atoms in total. The van der Waals surface area contributed by atoms with Crippen molar-refractivity contribution in [3.8, 4) is 12.3 Å². The number of carbonyl (C=O) groups is 3. The van der Waals surface area contributed by atoms with Crippen molar-refractivity contribution in [2.24, 2.45) is 5.73 Å². The predicted molar refractivity (Wildman–Crippen MR) is 60.5 cm³/mol. The van der Waals surface area contributed by atoms with Crippen LogP contribution in [0.1, 0.15) is 12.8 Å². The molecule has 2 unspecified atom stereocenters. The first-order chi connectivity index (χ1) is 7.38. The molecule has 0 rings (SSSR count). The summed E-state index contributed by atoms with van der Waals surface area (Å²) < 4.78 is 0. The van der Waals surface area contributed by atoms with Crippen LogP contribution in [-0.4, -0.2) is 40.1 Å². The molecule has 17 heavy (non-hydrogen) atoms. The quantitative estimate of drug-likeness (QED) is 0.446. The summed E-state index contributed by atoms with van der Waals surface area (Å²) in [4.78, 5) is 32.1. The van der Waals surface area contributed by atoms with Crippen molar-refractivity contribution in [1.29, 1.82) is 0 Å². The summed E-state index contributed by atoms with van der Waals surface area (Å²) >= 11 is 0. The van der Waals surface area contributed by atoms with E-state index in [0.717, 1.165) is 0 Å². The molecule has 0 saturated carbocycles. The fourth-order valence-electron chi connectivity index (χ4n) is 0.878. The second kappa shape index (κ2) is 8.38. The summed E-state index contributed by atoms with van der Waals surface area (Å²) in [6.45, 7) is 0. The van der Waals surface area contributed by atoms with E-state index in [9.17, 15) is 14.4 Å². The maximum absolute atomic E-state index is 11.2. The number of carboxylic acid groups (broad SMARTS) is 2. The molecule has 2 atom stereocenters. The Morgan fingerprint density at radius 3 is 2.24 bits per heavy atom. The zero-order valence-electron chi connectivity index (χ0n) is 8.75. The lowest BCUT2D eigenvalue weighted by molar-refractivity contribution is -0.142. The molecule has 0 aliphatic heterocycles. The lowest BCUT2D eigenvalue weighted by Crippen LogP contribution is -2.48. The Balaban J connectivity index is 0. The normalized spacial score (nSPS) is 12.5. The summed E-state index contributed by atoms with van der Waals surface area (Å²) in [5.74, 6) is -1.32. The highest BCUT2D eigenvalue weighted by molar-refractivity contribution is 5.89. The molecular formula is C9H13ClN2O5. The Morgan fingerprint density at radius 1 is 1.35 bits per heavy atom. The van der Waals surface area contributed by atoms with Crippen LogP contribution in [-0.2, 0) is 14.4 Å². The van der Waals surface area contributed by atoms with Crippen LogP contribution in [0.15, 0.2) is 0 Å². The topological polar surface area (TPSA) is 130 Å². The van der Waals surface area contributed by atoms with Crippen molar-refractivity contribution in [3.05, 3.63) is 0 Å².